The van der Waals surface area contributed by atoms with Crippen LogP contribution in [0.1, 0.15) is 43.1 Å². The Hall–Kier alpha value is -1.84. The Bertz CT molecular complexity index is 629. The van der Waals surface area contributed by atoms with Crippen LogP contribution in [0.5, 0.6) is 0 Å². The first-order valence-corrected chi connectivity index (χ1v) is 7.21. The van der Waals surface area contributed by atoms with Gasteiger partial charge < -0.3 is 9.67 Å². The predicted molar refractivity (Wildman–Crippen MR) is 80.1 cm³/mol. The highest BCUT2D eigenvalue weighted by Gasteiger charge is 2.10. The largest absolute Gasteiger partial charge is 0.481 e. The van der Waals surface area contributed by atoms with Crippen molar-refractivity contribution in [3.63, 3.8) is 0 Å². The molecule has 0 aliphatic carbocycles. The third-order valence-electron chi connectivity index (χ3n) is 3.78. The molecule has 0 aliphatic heterocycles. The smallest absolute Gasteiger partial charge is 0.303 e. The van der Waals surface area contributed by atoms with Crippen molar-refractivity contribution in [3.05, 3.63) is 29.1 Å². The summed E-state index contributed by atoms with van der Waals surface area (Å²) in [6.45, 7) is 7.17. The fourth-order valence-electron chi connectivity index (χ4n) is 2.50. The number of nitrogens with zero attached hydrogens (tertiary/aromatic N) is 2. The zero-order valence-corrected chi connectivity index (χ0v) is 12.4. The molecule has 0 atom stereocenters. The average molecular weight is 274 g/mol. The number of benzene rings is 1. The standard InChI is InChI=1S/C16H22N2O2/c1-4-15-17-13-9-11(2)12(3)10-14(13)18(15)8-6-5-7-16(19)20/h9-10H,4-8H2,1-3H3,(H,19,20). The molecule has 2 rings (SSSR count). The maximum Gasteiger partial charge on any atom is 0.303 e. The van der Waals surface area contributed by atoms with Crippen LogP contribution in [0.3, 0.4) is 0 Å². The number of carboxylic acids is 1. The number of unbranched alkanes of at least 4 members (excludes halogenated alkanes) is 1. The van der Waals surface area contributed by atoms with Gasteiger partial charge in [-0.1, -0.05) is 6.92 Å². The van der Waals surface area contributed by atoms with E-state index in [1.807, 2.05) is 0 Å². The van der Waals surface area contributed by atoms with Crippen molar-refractivity contribution < 1.29 is 9.90 Å². The number of carbonyl (C=O) groups is 1. The van der Waals surface area contributed by atoms with E-state index in [2.05, 4.69) is 37.5 Å². The summed E-state index contributed by atoms with van der Waals surface area (Å²) in [5.41, 5.74) is 4.74. The second-order valence-electron chi connectivity index (χ2n) is 5.31. The molecule has 1 N–H and O–H groups in total. The lowest BCUT2D eigenvalue weighted by atomic mass is 10.1. The lowest BCUT2D eigenvalue weighted by Crippen LogP contribution is -2.04. The first-order valence-electron chi connectivity index (χ1n) is 7.21. The van der Waals surface area contributed by atoms with E-state index in [-0.39, 0.29) is 6.42 Å². The number of carboxylic acid groups (broad SMARTS) is 1. The molecule has 4 heteroatoms. The number of aryl methyl sites for hydroxylation is 4. The number of aromatic nitrogens is 2. The van der Waals surface area contributed by atoms with Crippen molar-refractivity contribution in [2.24, 2.45) is 0 Å². The number of hydrogen-bond donors (Lipinski definition) is 1. The summed E-state index contributed by atoms with van der Waals surface area (Å²) in [6, 6.07) is 4.32. The molecule has 0 unspecified atom stereocenters. The van der Waals surface area contributed by atoms with Crippen LogP contribution in [0.15, 0.2) is 12.1 Å². The molecule has 4 nitrogen and oxygen atoms in total. The second kappa shape index (κ2) is 6.07. The summed E-state index contributed by atoms with van der Waals surface area (Å²) in [4.78, 5) is 15.3. The van der Waals surface area contributed by atoms with Crippen LogP contribution < -0.4 is 0 Å². The fourth-order valence-corrected chi connectivity index (χ4v) is 2.50. The van der Waals surface area contributed by atoms with Gasteiger partial charge in [0, 0.05) is 19.4 Å². The van der Waals surface area contributed by atoms with Crippen molar-refractivity contribution in [1.82, 2.24) is 9.55 Å². The molecule has 0 saturated heterocycles. The highest BCUT2D eigenvalue weighted by Crippen LogP contribution is 2.22. The van der Waals surface area contributed by atoms with Crippen molar-refractivity contribution in [2.75, 3.05) is 0 Å². The maximum absolute atomic E-state index is 10.6. The molecule has 1 heterocycles. The average Bonchev–Trinajstić information content (AvgIpc) is 2.72. The predicted octanol–water partition coefficient (Wildman–Crippen LogP) is 3.47. The van der Waals surface area contributed by atoms with Gasteiger partial charge in [-0.25, -0.2) is 4.98 Å². The molecule has 2 aromatic rings. The third-order valence-corrected chi connectivity index (χ3v) is 3.78. The van der Waals surface area contributed by atoms with Gasteiger partial charge in [0.05, 0.1) is 11.0 Å². The van der Waals surface area contributed by atoms with Crippen LogP contribution in [0.4, 0.5) is 0 Å². The van der Waals surface area contributed by atoms with Gasteiger partial charge in [-0.2, -0.15) is 0 Å². The van der Waals surface area contributed by atoms with Crippen molar-refractivity contribution >= 4 is 17.0 Å². The minimum Gasteiger partial charge on any atom is -0.481 e. The van der Waals surface area contributed by atoms with Crippen LogP contribution in [-0.4, -0.2) is 20.6 Å². The molecule has 0 radical (unpaired) electrons. The molecule has 0 amide bonds. The van der Waals surface area contributed by atoms with E-state index in [1.54, 1.807) is 0 Å². The molecule has 0 aliphatic rings. The normalized spacial score (nSPS) is 11.2. The Morgan fingerprint density at radius 3 is 2.60 bits per heavy atom. The van der Waals surface area contributed by atoms with Gasteiger partial charge in [0.15, 0.2) is 0 Å². The molecule has 1 aromatic heterocycles. The second-order valence-corrected chi connectivity index (χ2v) is 5.31. The van der Waals surface area contributed by atoms with Crippen LogP contribution in [-0.2, 0) is 17.8 Å². The third kappa shape index (κ3) is 3.00. The first-order chi connectivity index (χ1) is 9.52. The Morgan fingerprint density at radius 2 is 1.95 bits per heavy atom. The molecule has 1 aromatic carbocycles. The van der Waals surface area contributed by atoms with Gasteiger partial charge >= 0.3 is 5.97 Å². The van der Waals surface area contributed by atoms with E-state index in [9.17, 15) is 4.79 Å². The summed E-state index contributed by atoms with van der Waals surface area (Å²) in [5, 5.41) is 8.69. The van der Waals surface area contributed by atoms with Crippen LogP contribution in [0.2, 0.25) is 0 Å². The Labute approximate surface area is 119 Å². The maximum atomic E-state index is 10.6. The van der Waals surface area contributed by atoms with Gasteiger partial charge in [0.2, 0.25) is 0 Å². The van der Waals surface area contributed by atoms with E-state index in [4.69, 9.17) is 10.1 Å². The van der Waals surface area contributed by atoms with Crippen molar-refractivity contribution in [2.45, 2.75) is 53.0 Å². The van der Waals surface area contributed by atoms with Crippen LogP contribution in [0, 0.1) is 13.8 Å². The Morgan fingerprint density at radius 1 is 1.25 bits per heavy atom. The zero-order valence-electron chi connectivity index (χ0n) is 12.4. The van der Waals surface area contributed by atoms with Gasteiger partial charge in [0.1, 0.15) is 5.82 Å². The quantitative estimate of drug-likeness (QED) is 0.821. The molecule has 0 saturated carbocycles. The minimum atomic E-state index is -0.720. The summed E-state index contributed by atoms with van der Waals surface area (Å²) < 4.78 is 2.24. The summed E-state index contributed by atoms with van der Waals surface area (Å²) in [6.07, 6.45) is 2.72. The van der Waals surface area contributed by atoms with E-state index < -0.39 is 5.97 Å². The number of imidazole rings is 1. The summed E-state index contributed by atoms with van der Waals surface area (Å²) >= 11 is 0. The topological polar surface area (TPSA) is 55.1 Å². The van der Waals surface area contributed by atoms with E-state index >= 15 is 0 Å². The van der Waals surface area contributed by atoms with E-state index in [0.717, 1.165) is 30.7 Å². The fraction of sp³-hybridized carbons (Fsp3) is 0.500. The SMILES string of the molecule is CCc1nc2cc(C)c(C)cc2n1CCCCC(=O)O. The lowest BCUT2D eigenvalue weighted by Gasteiger charge is -2.08. The van der Waals surface area contributed by atoms with Gasteiger partial charge in [-0.15, -0.1) is 0 Å². The van der Waals surface area contributed by atoms with E-state index in [0.29, 0.717) is 6.42 Å². The molecule has 0 spiro atoms. The summed E-state index contributed by atoms with van der Waals surface area (Å²) in [5.74, 6) is 0.364. The molecule has 0 bridgehead atoms. The van der Waals surface area contributed by atoms with Gasteiger partial charge in [-0.05, 0) is 49.9 Å². The van der Waals surface area contributed by atoms with E-state index in [1.165, 1.54) is 16.6 Å². The van der Waals surface area contributed by atoms with Gasteiger partial charge in [-0.3, -0.25) is 4.79 Å². The number of aliphatic carboxylic acids is 1. The zero-order chi connectivity index (χ0) is 14.7. The molecular weight excluding hydrogens is 252 g/mol. The first kappa shape index (κ1) is 14.6. The molecule has 20 heavy (non-hydrogen) atoms. The van der Waals surface area contributed by atoms with Crippen LogP contribution >= 0.6 is 0 Å². The van der Waals surface area contributed by atoms with Crippen molar-refractivity contribution in [1.29, 1.82) is 0 Å². The number of fused-ring (bicyclic) bond motifs is 1. The van der Waals surface area contributed by atoms with Crippen molar-refractivity contribution in [3.8, 4) is 0 Å². The van der Waals surface area contributed by atoms with Crippen LogP contribution in [0.25, 0.3) is 11.0 Å². The highest BCUT2D eigenvalue weighted by molar-refractivity contribution is 5.78. The minimum absolute atomic E-state index is 0.242. The van der Waals surface area contributed by atoms with Gasteiger partial charge in [0.25, 0.3) is 0 Å². The highest BCUT2D eigenvalue weighted by atomic mass is 16.4. The molecule has 0 fully saturated rings. The molecular formula is C16H22N2O2. The Balaban J connectivity index is 2.25. The summed E-state index contributed by atoms with van der Waals surface area (Å²) in [7, 11) is 0. The number of hydrogen-bond acceptors (Lipinski definition) is 2. The Kier molecular flexibility index (Phi) is 4.42. The lowest BCUT2D eigenvalue weighted by molar-refractivity contribution is -0.137. The monoisotopic (exact) mass is 274 g/mol. The number of rotatable bonds is 6. The molecule has 108 valence electrons.